The Balaban J connectivity index is 1.25. The van der Waals surface area contributed by atoms with Crippen molar-refractivity contribution in [3.63, 3.8) is 0 Å². The Morgan fingerprint density at radius 1 is 0.417 bits per heavy atom. The van der Waals surface area contributed by atoms with Crippen molar-refractivity contribution in [3.8, 4) is 44.9 Å². The molecule has 348 valence electrons. The minimum atomic E-state index is -0.560. The van der Waals surface area contributed by atoms with Crippen molar-refractivity contribution in [2.24, 2.45) is 0 Å². The van der Waals surface area contributed by atoms with Crippen LogP contribution >= 0.6 is 0 Å². The SMILES string of the molecule is Cc1cc(C)c(-c2c(-c3c(C)cc(C)cc3C)n3c4c(c5ccccc5cc24)B2c4c-3ccc3c4-n4c5c2cc(C(C)(C)C)cc5c2cc(C(C)(C)C)cc(c24)C32c3ccccc3-c3ccccc32)c(C)c1. The lowest BCUT2D eigenvalue weighted by Crippen LogP contribution is -2.61. The molecule has 0 amide bonds. The van der Waals surface area contributed by atoms with E-state index in [9.17, 15) is 0 Å². The number of rotatable bonds is 2. The van der Waals surface area contributed by atoms with Gasteiger partial charge < -0.3 is 9.13 Å². The van der Waals surface area contributed by atoms with E-state index in [2.05, 4.69) is 232 Å². The van der Waals surface area contributed by atoms with E-state index in [-0.39, 0.29) is 17.5 Å². The van der Waals surface area contributed by atoms with Crippen LogP contribution in [0.15, 0.2) is 140 Å². The molecule has 15 rings (SSSR count). The fraction of sp³-hybridized carbons (Fsp3) is 0.217. The molecule has 0 saturated carbocycles. The number of benzene rings is 9. The molecule has 2 aromatic heterocycles. The summed E-state index contributed by atoms with van der Waals surface area (Å²) in [5.41, 5.74) is 34.4. The van der Waals surface area contributed by atoms with Gasteiger partial charge in [-0.2, -0.15) is 0 Å². The Bertz CT molecular complexity index is 4270. The fourth-order valence-electron chi connectivity index (χ4n) is 15.2. The summed E-state index contributed by atoms with van der Waals surface area (Å²) in [5.74, 6) is 0. The number of fused-ring (bicyclic) bond motifs is 13. The molecule has 0 unspecified atom stereocenters. The largest absolute Gasteiger partial charge is 0.310 e. The van der Waals surface area contributed by atoms with Crippen LogP contribution in [0.1, 0.15) is 108 Å². The van der Waals surface area contributed by atoms with Gasteiger partial charge in [-0.25, -0.2) is 0 Å². The van der Waals surface area contributed by atoms with Crippen molar-refractivity contribution in [1.29, 1.82) is 0 Å². The standard InChI is InChI=1S/C69H59BN2/c1-36-27-38(3)57(39(4)28-36)59-50-31-42-19-13-14-20-45(42)60-64(50)71(66(59)58-40(5)29-37(2)30-41(58)6)56-26-25-53-65-61(56)70(60)55-35-44(68(10,11)12)33-49-48-32-43(67(7,8)9)34-54(62(48)72(65)63(49)55)69(53)51-23-17-15-21-46(51)47-22-16-18-24-52(47)69/h13-35H,1-12H3. The van der Waals surface area contributed by atoms with Gasteiger partial charge in [0.2, 0.25) is 0 Å². The average molecular weight is 927 g/mol. The third-order valence-electron chi connectivity index (χ3n) is 17.9. The molecule has 4 aliphatic rings. The van der Waals surface area contributed by atoms with Crippen LogP contribution in [0, 0.1) is 41.5 Å². The van der Waals surface area contributed by atoms with Crippen molar-refractivity contribution in [1.82, 2.24) is 9.13 Å². The molecule has 3 heteroatoms. The zero-order valence-electron chi connectivity index (χ0n) is 43.8. The minimum absolute atomic E-state index is 0.0405. The summed E-state index contributed by atoms with van der Waals surface area (Å²) in [5, 5.41) is 6.69. The summed E-state index contributed by atoms with van der Waals surface area (Å²) >= 11 is 0. The molecule has 0 bridgehead atoms. The van der Waals surface area contributed by atoms with E-state index < -0.39 is 5.41 Å². The van der Waals surface area contributed by atoms with Gasteiger partial charge in [0.25, 0.3) is 6.71 Å². The maximum absolute atomic E-state index is 2.79. The highest BCUT2D eigenvalue weighted by Crippen LogP contribution is 2.62. The third kappa shape index (κ3) is 4.98. The van der Waals surface area contributed by atoms with Crippen LogP contribution in [-0.4, -0.2) is 15.8 Å². The van der Waals surface area contributed by atoms with Gasteiger partial charge in [-0.3, -0.25) is 0 Å². The number of aromatic nitrogens is 2. The Labute approximate surface area is 424 Å². The number of nitrogens with zero attached hydrogens (tertiary/aromatic N) is 2. The molecular formula is C69H59BN2. The molecule has 0 radical (unpaired) electrons. The Kier molecular flexibility index (Phi) is 7.98. The zero-order chi connectivity index (χ0) is 49.4. The quantitative estimate of drug-likeness (QED) is 0.153. The second-order valence-electron chi connectivity index (χ2n) is 24.4. The van der Waals surface area contributed by atoms with E-state index in [0.717, 1.165) is 0 Å². The summed E-state index contributed by atoms with van der Waals surface area (Å²) in [6.07, 6.45) is 0. The van der Waals surface area contributed by atoms with Gasteiger partial charge in [0.1, 0.15) is 0 Å². The maximum atomic E-state index is 2.79. The summed E-state index contributed by atoms with van der Waals surface area (Å²) in [7, 11) is 0. The van der Waals surface area contributed by atoms with E-state index in [1.807, 2.05) is 0 Å². The molecule has 9 aromatic carbocycles. The van der Waals surface area contributed by atoms with Crippen molar-refractivity contribution in [3.05, 3.63) is 206 Å². The number of aryl methyl sites for hydroxylation is 6. The third-order valence-corrected chi connectivity index (χ3v) is 17.9. The molecule has 2 nitrogen and oxygen atoms in total. The lowest BCUT2D eigenvalue weighted by Gasteiger charge is -2.44. The molecular weight excluding hydrogens is 868 g/mol. The molecule has 72 heavy (non-hydrogen) atoms. The van der Waals surface area contributed by atoms with Crippen molar-refractivity contribution in [2.75, 3.05) is 0 Å². The summed E-state index contributed by atoms with van der Waals surface area (Å²) in [6.45, 7) is 28.2. The molecule has 0 fully saturated rings. The number of hydrogen-bond acceptors (Lipinski definition) is 0. The van der Waals surface area contributed by atoms with Gasteiger partial charge in [-0.05, 0) is 176 Å². The Hall–Kier alpha value is -7.36. The average Bonchev–Trinajstić information content (AvgIpc) is 3.94. The van der Waals surface area contributed by atoms with E-state index in [4.69, 9.17) is 0 Å². The molecule has 0 atom stereocenters. The normalized spacial score (nSPS) is 14.5. The minimum Gasteiger partial charge on any atom is -0.310 e. The van der Waals surface area contributed by atoms with Crippen LogP contribution in [0.2, 0.25) is 0 Å². The topological polar surface area (TPSA) is 9.86 Å². The summed E-state index contributed by atoms with van der Waals surface area (Å²) in [6, 6.07) is 55.8. The molecule has 11 aromatic rings. The first-order valence-corrected chi connectivity index (χ1v) is 26.3. The predicted molar refractivity (Wildman–Crippen MR) is 307 cm³/mol. The van der Waals surface area contributed by atoms with Crippen molar-refractivity contribution >= 4 is 66.6 Å². The van der Waals surface area contributed by atoms with Crippen molar-refractivity contribution in [2.45, 2.75) is 99.3 Å². The fourth-order valence-corrected chi connectivity index (χ4v) is 15.2. The highest BCUT2D eigenvalue weighted by atomic mass is 15.1. The maximum Gasteiger partial charge on any atom is 0.253 e. The van der Waals surface area contributed by atoms with Crippen LogP contribution in [0.3, 0.4) is 0 Å². The zero-order valence-corrected chi connectivity index (χ0v) is 43.8. The first kappa shape index (κ1) is 42.3. The lowest BCUT2D eigenvalue weighted by atomic mass is 9.33. The monoisotopic (exact) mass is 926 g/mol. The van der Waals surface area contributed by atoms with E-state index >= 15 is 0 Å². The highest BCUT2D eigenvalue weighted by molar-refractivity contribution is 7.01. The van der Waals surface area contributed by atoms with Crippen molar-refractivity contribution < 1.29 is 0 Å². The second-order valence-corrected chi connectivity index (χ2v) is 24.4. The van der Waals surface area contributed by atoms with E-state index in [0.29, 0.717) is 0 Å². The Morgan fingerprint density at radius 2 is 0.972 bits per heavy atom. The van der Waals surface area contributed by atoms with Gasteiger partial charge in [-0.15, -0.1) is 0 Å². The number of hydrogen-bond donors (Lipinski definition) is 0. The van der Waals surface area contributed by atoms with Gasteiger partial charge in [0.05, 0.1) is 22.1 Å². The van der Waals surface area contributed by atoms with Gasteiger partial charge in [-0.1, -0.05) is 168 Å². The van der Waals surface area contributed by atoms with Crippen LogP contribution in [0.4, 0.5) is 0 Å². The first-order valence-electron chi connectivity index (χ1n) is 26.3. The molecule has 1 aliphatic carbocycles. The van der Waals surface area contributed by atoms with Crippen LogP contribution in [-0.2, 0) is 16.2 Å². The molecule has 0 N–H and O–H groups in total. The predicted octanol–water partition coefficient (Wildman–Crippen LogP) is 15.5. The summed E-state index contributed by atoms with van der Waals surface area (Å²) in [4.78, 5) is 0. The van der Waals surface area contributed by atoms with Gasteiger partial charge >= 0.3 is 0 Å². The second kappa shape index (κ2) is 13.6. The smallest absolute Gasteiger partial charge is 0.253 e. The molecule has 5 heterocycles. The highest BCUT2D eigenvalue weighted by Gasteiger charge is 2.55. The molecule has 3 aliphatic heterocycles. The molecule has 1 spiro atoms. The first-order chi connectivity index (χ1) is 34.5. The molecule has 0 saturated heterocycles. The van der Waals surface area contributed by atoms with Crippen LogP contribution < -0.4 is 16.4 Å². The van der Waals surface area contributed by atoms with Crippen LogP contribution in [0.25, 0.3) is 88.4 Å². The summed E-state index contributed by atoms with van der Waals surface area (Å²) < 4.78 is 5.57. The van der Waals surface area contributed by atoms with Crippen LogP contribution in [0.5, 0.6) is 0 Å². The van der Waals surface area contributed by atoms with Gasteiger partial charge in [0.15, 0.2) is 0 Å². The Morgan fingerprint density at radius 3 is 1.60 bits per heavy atom. The van der Waals surface area contributed by atoms with E-state index in [1.54, 1.807) is 0 Å². The lowest BCUT2D eigenvalue weighted by molar-refractivity contribution is 0.588. The van der Waals surface area contributed by atoms with E-state index in [1.165, 1.54) is 172 Å². The van der Waals surface area contributed by atoms with Gasteiger partial charge in [0, 0.05) is 44.2 Å².